The van der Waals surface area contributed by atoms with Gasteiger partial charge in [-0.2, -0.15) is 5.10 Å². The summed E-state index contributed by atoms with van der Waals surface area (Å²) in [5, 5.41) is 9.21. The fourth-order valence-electron chi connectivity index (χ4n) is 2.70. The molecule has 1 fully saturated rings. The van der Waals surface area contributed by atoms with Crippen molar-refractivity contribution in [1.29, 1.82) is 0 Å². The number of benzene rings is 1. The van der Waals surface area contributed by atoms with Gasteiger partial charge in [0.15, 0.2) is 5.82 Å². The Balaban J connectivity index is 1.70. The Morgan fingerprint density at radius 3 is 2.89 bits per heavy atom. The van der Waals surface area contributed by atoms with Crippen LogP contribution in [0.5, 0.6) is 0 Å². The third kappa shape index (κ3) is 2.77. The first-order valence-corrected chi connectivity index (χ1v) is 7.62. The van der Waals surface area contributed by atoms with Crippen LogP contribution in [0.1, 0.15) is 12.8 Å². The molecule has 0 unspecified atom stereocenters. The highest BCUT2D eigenvalue weighted by Gasteiger charge is 2.12. The zero-order valence-corrected chi connectivity index (χ0v) is 12.8. The molecule has 19 heavy (non-hydrogen) atoms. The quantitative estimate of drug-likeness (QED) is 0.939. The SMILES string of the molecule is Cn1nc(NCCN2CCCC2)c2ccc(Br)cc21. The van der Waals surface area contributed by atoms with Crippen LogP contribution in [0.25, 0.3) is 10.9 Å². The number of halogens is 1. The van der Waals surface area contributed by atoms with Gasteiger partial charge in [0.25, 0.3) is 0 Å². The van der Waals surface area contributed by atoms with Crippen LogP contribution in [0.15, 0.2) is 22.7 Å². The predicted molar refractivity (Wildman–Crippen MR) is 82.6 cm³/mol. The van der Waals surface area contributed by atoms with Gasteiger partial charge >= 0.3 is 0 Å². The first-order chi connectivity index (χ1) is 9.24. The molecule has 3 rings (SSSR count). The number of fused-ring (bicyclic) bond motifs is 1. The average Bonchev–Trinajstić information content (AvgIpc) is 2.99. The Morgan fingerprint density at radius 2 is 2.11 bits per heavy atom. The van der Waals surface area contributed by atoms with Gasteiger partial charge < -0.3 is 10.2 Å². The van der Waals surface area contributed by atoms with E-state index < -0.39 is 0 Å². The molecule has 0 radical (unpaired) electrons. The third-order valence-electron chi connectivity index (χ3n) is 3.73. The number of likely N-dealkylation sites (tertiary alicyclic amines) is 1. The molecule has 1 aliphatic heterocycles. The van der Waals surface area contributed by atoms with E-state index in [-0.39, 0.29) is 0 Å². The number of hydrogen-bond donors (Lipinski definition) is 1. The highest BCUT2D eigenvalue weighted by molar-refractivity contribution is 9.10. The van der Waals surface area contributed by atoms with Crippen LogP contribution in [0.3, 0.4) is 0 Å². The van der Waals surface area contributed by atoms with Crippen LogP contribution in [-0.2, 0) is 7.05 Å². The summed E-state index contributed by atoms with van der Waals surface area (Å²) < 4.78 is 3.02. The number of nitrogens with one attached hydrogen (secondary N) is 1. The lowest BCUT2D eigenvalue weighted by Crippen LogP contribution is -2.26. The molecule has 4 nitrogen and oxygen atoms in total. The van der Waals surface area contributed by atoms with E-state index in [0.717, 1.165) is 28.9 Å². The molecule has 0 aliphatic carbocycles. The largest absolute Gasteiger partial charge is 0.367 e. The Bertz CT molecular complexity index is 572. The van der Waals surface area contributed by atoms with Crippen molar-refractivity contribution in [2.45, 2.75) is 12.8 Å². The van der Waals surface area contributed by atoms with Gasteiger partial charge in [0, 0.05) is 30.0 Å². The van der Waals surface area contributed by atoms with Crippen molar-refractivity contribution >= 4 is 32.7 Å². The molecule has 5 heteroatoms. The number of rotatable bonds is 4. The molecule has 1 saturated heterocycles. The van der Waals surface area contributed by atoms with Crippen molar-refractivity contribution in [1.82, 2.24) is 14.7 Å². The summed E-state index contributed by atoms with van der Waals surface area (Å²) >= 11 is 3.50. The lowest BCUT2D eigenvalue weighted by molar-refractivity contribution is 0.352. The van der Waals surface area contributed by atoms with E-state index >= 15 is 0 Å². The maximum Gasteiger partial charge on any atom is 0.156 e. The Hall–Kier alpha value is -1.07. The molecule has 0 bridgehead atoms. The summed E-state index contributed by atoms with van der Waals surface area (Å²) in [6, 6.07) is 6.29. The Labute approximate surface area is 121 Å². The standard InChI is InChI=1S/C14H19BrN4/c1-18-13-10-11(15)4-5-12(13)14(17-18)16-6-9-19-7-2-3-8-19/h4-5,10H,2-3,6-9H2,1H3,(H,16,17). The van der Waals surface area contributed by atoms with Gasteiger partial charge in [0.2, 0.25) is 0 Å². The van der Waals surface area contributed by atoms with Crippen molar-refractivity contribution < 1.29 is 0 Å². The van der Waals surface area contributed by atoms with Gasteiger partial charge in [-0.1, -0.05) is 15.9 Å². The van der Waals surface area contributed by atoms with E-state index in [1.54, 1.807) is 0 Å². The van der Waals surface area contributed by atoms with E-state index in [1.165, 1.54) is 31.3 Å². The number of hydrogen-bond acceptors (Lipinski definition) is 3. The highest BCUT2D eigenvalue weighted by Crippen LogP contribution is 2.25. The van der Waals surface area contributed by atoms with Crippen molar-refractivity contribution in [2.24, 2.45) is 7.05 Å². The van der Waals surface area contributed by atoms with Crippen LogP contribution in [-0.4, -0.2) is 40.9 Å². The smallest absolute Gasteiger partial charge is 0.156 e. The van der Waals surface area contributed by atoms with E-state index in [2.05, 4.69) is 49.4 Å². The summed E-state index contributed by atoms with van der Waals surface area (Å²) in [5.41, 5.74) is 1.15. The molecule has 2 heterocycles. The van der Waals surface area contributed by atoms with E-state index in [9.17, 15) is 0 Å². The minimum Gasteiger partial charge on any atom is -0.367 e. The molecule has 0 spiro atoms. The Morgan fingerprint density at radius 1 is 1.32 bits per heavy atom. The Kier molecular flexibility index (Phi) is 3.75. The molecular formula is C14H19BrN4. The molecule has 1 aromatic heterocycles. The maximum absolute atomic E-state index is 4.56. The molecule has 2 aromatic rings. The van der Waals surface area contributed by atoms with E-state index in [4.69, 9.17) is 0 Å². The average molecular weight is 323 g/mol. The number of aromatic nitrogens is 2. The topological polar surface area (TPSA) is 33.1 Å². The van der Waals surface area contributed by atoms with Gasteiger partial charge in [-0.15, -0.1) is 0 Å². The monoisotopic (exact) mass is 322 g/mol. The van der Waals surface area contributed by atoms with E-state index in [1.807, 2.05) is 11.7 Å². The van der Waals surface area contributed by atoms with Crippen LogP contribution in [0.2, 0.25) is 0 Å². The van der Waals surface area contributed by atoms with Crippen LogP contribution in [0, 0.1) is 0 Å². The molecule has 0 atom stereocenters. The fourth-order valence-corrected chi connectivity index (χ4v) is 3.05. The molecule has 1 aliphatic rings. The lowest BCUT2D eigenvalue weighted by atomic mass is 10.2. The third-order valence-corrected chi connectivity index (χ3v) is 4.23. The molecular weight excluding hydrogens is 304 g/mol. The predicted octanol–water partition coefficient (Wildman–Crippen LogP) is 2.84. The molecule has 1 aromatic carbocycles. The second-order valence-corrected chi connectivity index (χ2v) is 6.02. The van der Waals surface area contributed by atoms with Crippen molar-refractivity contribution in [3.05, 3.63) is 22.7 Å². The summed E-state index contributed by atoms with van der Waals surface area (Å²) in [7, 11) is 1.99. The molecule has 102 valence electrons. The van der Waals surface area contributed by atoms with Gasteiger partial charge in [0.1, 0.15) is 0 Å². The summed E-state index contributed by atoms with van der Waals surface area (Å²) in [4.78, 5) is 2.51. The number of anilines is 1. The van der Waals surface area contributed by atoms with Gasteiger partial charge in [-0.05, 0) is 44.1 Å². The fraction of sp³-hybridized carbons (Fsp3) is 0.500. The normalized spacial score (nSPS) is 16.3. The summed E-state index contributed by atoms with van der Waals surface area (Å²) in [6.07, 6.45) is 2.70. The first kappa shape index (κ1) is 12.9. The second kappa shape index (κ2) is 5.51. The molecule has 1 N–H and O–H groups in total. The van der Waals surface area contributed by atoms with Crippen molar-refractivity contribution in [2.75, 3.05) is 31.5 Å². The van der Waals surface area contributed by atoms with Gasteiger partial charge in [-0.25, -0.2) is 0 Å². The van der Waals surface area contributed by atoms with Gasteiger partial charge in [0.05, 0.1) is 5.52 Å². The van der Waals surface area contributed by atoms with Crippen LogP contribution < -0.4 is 5.32 Å². The van der Waals surface area contributed by atoms with Crippen molar-refractivity contribution in [3.8, 4) is 0 Å². The number of aryl methyl sites for hydroxylation is 1. The maximum atomic E-state index is 4.56. The second-order valence-electron chi connectivity index (χ2n) is 5.11. The van der Waals surface area contributed by atoms with E-state index in [0.29, 0.717) is 0 Å². The number of nitrogens with zero attached hydrogens (tertiary/aromatic N) is 3. The van der Waals surface area contributed by atoms with Crippen molar-refractivity contribution in [3.63, 3.8) is 0 Å². The zero-order valence-electron chi connectivity index (χ0n) is 11.2. The molecule has 0 saturated carbocycles. The van der Waals surface area contributed by atoms with Gasteiger partial charge in [-0.3, -0.25) is 4.68 Å². The minimum absolute atomic E-state index is 0.960. The minimum atomic E-state index is 0.960. The van der Waals surface area contributed by atoms with Crippen LogP contribution >= 0.6 is 15.9 Å². The molecule has 0 amide bonds. The summed E-state index contributed by atoms with van der Waals surface area (Å²) in [5.74, 6) is 0.990. The summed E-state index contributed by atoms with van der Waals surface area (Å²) in [6.45, 7) is 4.56. The first-order valence-electron chi connectivity index (χ1n) is 6.82. The zero-order chi connectivity index (χ0) is 13.2. The lowest BCUT2D eigenvalue weighted by Gasteiger charge is -2.14. The van der Waals surface area contributed by atoms with Crippen LogP contribution in [0.4, 0.5) is 5.82 Å². The highest BCUT2D eigenvalue weighted by atomic mass is 79.9.